The van der Waals surface area contributed by atoms with Crippen LogP contribution in [-0.2, 0) is 7.05 Å². The summed E-state index contributed by atoms with van der Waals surface area (Å²) in [6.45, 7) is 3.90. The molecule has 1 unspecified atom stereocenters. The first-order chi connectivity index (χ1) is 18.3. The van der Waals surface area contributed by atoms with E-state index in [9.17, 15) is 10.1 Å². The topological polar surface area (TPSA) is 119 Å². The molecule has 188 valence electrons. The van der Waals surface area contributed by atoms with Crippen LogP contribution in [0.5, 0.6) is 11.5 Å². The first-order valence-electron chi connectivity index (χ1n) is 12.2. The van der Waals surface area contributed by atoms with Crippen LogP contribution in [0.3, 0.4) is 0 Å². The van der Waals surface area contributed by atoms with E-state index in [1.54, 1.807) is 24.8 Å². The maximum absolute atomic E-state index is 13.2. The summed E-state index contributed by atoms with van der Waals surface area (Å²) in [5.74, 6) is 1.41. The standard InChI is InChI=1S/C30H25N5O3/c1-15-11-17(29-34-23-8-6-5-7-19(23)30(36)35(29)3)12-21-26(22(14-31)28(32)38-27(15)21)25-16(2)33-24-10-9-18(37-4)13-20(24)25/h5-13,26,33H,32H2,1-4H3. The Kier molecular flexibility index (Phi) is 5.24. The van der Waals surface area contributed by atoms with Crippen molar-refractivity contribution in [1.29, 1.82) is 5.26 Å². The molecule has 38 heavy (non-hydrogen) atoms. The molecule has 3 N–H and O–H groups in total. The lowest BCUT2D eigenvalue weighted by Crippen LogP contribution is -2.23. The Morgan fingerprint density at radius 1 is 1.13 bits per heavy atom. The molecule has 0 amide bonds. The van der Waals surface area contributed by atoms with Crippen LogP contribution in [0, 0.1) is 25.2 Å². The highest BCUT2D eigenvalue weighted by molar-refractivity contribution is 5.88. The third kappa shape index (κ3) is 3.36. The van der Waals surface area contributed by atoms with Crippen molar-refractivity contribution in [2.24, 2.45) is 12.8 Å². The average molecular weight is 504 g/mol. The molecule has 1 atom stereocenters. The van der Waals surface area contributed by atoms with E-state index in [-0.39, 0.29) is 11.4 Å². The van der Waals surface area contributed by atoms with E-state index < -0.39 is 5.92 Å². The fraction of sp³-hybridized carbons (Fsp3) is 0.167. The number of rotatable bonds is 3. The lowest BCUT2D eigenvalue weighted by molar-refractivity contribution is 0.391. The van der Waals surface area contributed by atoms with E-state index in [0.717, 1.165) is 38.9 Å². The number of aromatic amines is 1. The van der Waals surface area contributed by atoms with Crippen LogP contribution in [0.4, 0.5) is 0 Å². The summed E-state index contributed by atoms with van der Waals surface area (Å²) in [6, 6.07) is 19.3. The van der Waals surface area contributed by atoms with E-state index in [1.165, 1.54) is 0 Å². The van der Waals surface area contributed by atoms with Gasteiger partial charge in [-0.05, 0) is 67.4 Å². The number of aryl methyl sites for hydroxylation is 2. The highest BCUT2D eigenvalue weighted by Crippen LogP contribution is 2.48. The van der Waals surface area contributed by atoms with Crippen LogP contribution in [-0.4, -0.2) is 21.6 Å². The molecule has 2 aromatic heterocycles. The normalized spacial score (nSPS) is 14.9. The van der Waals surface area contributed by atoms with Crippen LogP contribution in [0.2, 0.25) is 0 Å². The van der Waals surface area contributed by atoms with Gasteiger partial charge >= 0.3 is 0 Å². The van der Waals surface area contributed by atoms with Gasteiger partial charge in [-0.3, -0.25) is 9.36 Å². The number of fused-ring (bicyclic) bond motifs is 3. The van der Waals surface area contributed by atoms with Gasteiger partial charge in [0.15, 0.2) is 0 Å². The highest BCUT2D eigenvalue weighted by Gasteiger charge is 2.35. The summed E-state index contributed by atoms with van der Waals surface area (Å²) in [5.41, 5.74) is 12.2. The van der Waals surface area contributed by atoms with Crippen LogP contribution in [0.1, 0.15) is 28.3 Å². The van der Waals surface area contributed by atoms with Gasteiger partial charge in [0.05, 0.1) is 23.9 Å². The van der Waals surface area contributed by atoms with Gasteiger partial charge in [-0.1, -0.05) is 12.1 Å². The lowest BCUT2D eigenvalue weighted by atomic mass is 9.80. The number of nitrogens with zero attached hydrogens (tertiary/aromatic N) is 3. The van der Waals surface area contributed by atoms with E-state index in [1.807, 2.05) is 62.4 Å². The first kappa shape index (κ1) is 23.4. The van der Waals surface area contributed by atoms with Crippen LogP contribution >= 0.6 is 0 Å². The number of allylic oxidation sites excluding steroid dienone is 1. The summed E-state index contributed by atoms with van der Waals surface area (Å²) in [6.07, 6.45) is 0. The third-order valence-electron chi connectivity index (χ3n) is 7.27. The molecule has 0 saturated carbocycles. The van der Waals surface area contributed by atoms with Gasteiger partial charge in [-0.2, -0.15) is 5.26 Å². The fourth-order valence-corrected chi connectivity index (χ4v) is 5.47. The number of para-hydroxylation sites is 1. The average Bonchev–Trinajstić information content (AvgIpc) is 3.24. The Balaban J connectivity index is 1.65. The van der Waals surface area contributed by atoms with Crippen molar-refractivity contribution in [2.45, 2.75) is 19.8 Å². The Morgan fingerprint density at radius 2 is 1.92 bits per heavy atom. The quantitative estimate of drug-likeness (QED) is 0.361. The van der Waals surface area contributed by atoms with Gasteiger partial charge in [0.1, 0.15) is 29.0 Å². The minimum absolute atomic E-state index is 0.0775. The molecule has 0 aliphatic carbocycles. The number of nitrogens with one attached hydrogen (secondary N) is 1. The van der Waals surface area contributed by atoms with E-state index in [4.69, 9.17) is 20.2 Å². The molecule has 0 fully saturated rings. The molecular weight excluding hydrogens is 478 g/mol. The predicted octanol–water partition coefficient (Wildman–Crippen LogP) is 4.93. The van der Waals surface area contributed by atoms with Gasteiger partial charge in [-0.25, -0.2) is 4.98 Å². The zero-order chi connectivity index (χ0) is 26.7. The second-order valence-corrected chi connectivity index (χ2v) is 9.53. The Labute approximate surface area is 218 Å². The van der Waals surface area contributed by atoms with Crippen molar-refractivity contribution in [2.75, 3.05) is 7.11 Å². The van der Waals surface area contributed by atoms with Gasteiger partial charge in [0.2, 0.25) is 5.88 Å². The summed E-state index contributed by atoms with van der Waals surface area (Å²) in [5, 5.41) is 11.7. The highest BCUT2D eigenvalue weighted by atomic mass is 16.5. The molecule has 0 radical (unpaired) electrons. The minimum Gasteiger partial charge on any atom is -0.497 e. The number of hydrogen-bond acceptors (Lipinski definition) is 6. The molecule has 3 heterocycles. The van der Waals surface area contributed by atoms with Gasteiger partial charge < -0.3 is 20.2 Å². The number of nitrogens with two attached hydrogens (primary N) is 1. The minimum atomic E-state index is -0.499. The van der Waals surface area contributed by atoms with Crippen LogP contribution in [0.15, 0.2) is 70.8 Å². The zero-order valence-electron chi connectivity index (χ0n) is 21.4. The maximum atomic E-state index is 13.2. The van der Waals surface area contributed by atoms with Crippen molar-refractivity contribution < 1.29 is 9.47 Å². The van der Waals surface area contributed by atoms with Crippen molar-refractivity contribution >= 4 is 21.8 Å². The largest absolute Gasteiger partial charge is 0.497 e. The smallest absolute Gasteiger partial charge is 0.261 e. The number of aromatic nitrogens is 3. The number of H-pyrrole nitrogens is 1. The Hall–Kier alpha value is -5.03. The summed E-state index contributed by atoms with van der Waals surface area (Å²) in [4.78, 5) is 21.4. The molecule has 0 saturated heterocycles. The van der Waals surface area contributed by atoms with Gasteiger partial charge in [0.25, 0.3) is 5.56 Å². The second kappa shape index (κ2) is 8.53. The molecule has 3 aromatic carbocycles. The third-order valence-corrected chi connectivity index (χ3v) is 7.27. The molecule has 5 aromatic rings. The summed E-state index contributed by atoms with van der Waals surface area (Å²) >= 11 is 0. The van der Waals surface area contributed by atoms with Gasteiger partial charge in [-0.15, -0.1) is 0 Å². The van der Waals surface area contributed by atoms with Crippen LogP contribution < -0.4 is 20.8 Å². The van der Waals surface area contributed by atoms with Crippen molar-refractivity contribution in [3.8, 4) is 29.0 Å². The second-order valence-electron chi connectivity index (χ2n) is 9.53. The van der Waals surface area contributed by atoms with Crippen LogP contribution in [0.25, 0.3) is 33.2 Å². The number of methoxy groups -OCH3 is 1. The number of nitriles is 1. The number of ether oxygens (including phenoxy) is 2. The molecule has 6 rings (SSSR count). The Morgan fingerprint density at radius 3 is 2.68 bits per heavy atom. The molecular formula is C30H25N5O3. The Bertz CT molecular complexity index is 1920. The SMILES string of the molecule is COc1ccc2[nH]c(C)c(C3C(C#N)=C(N)Oc4c(C)cc(-c5nc6ccccc6c(=O)n5C)cc43)c2c1. The van der Waals surface area contributed by atoms with Crippen molar-refractivity contribution in [3.05, 3.63) is 98.8 Å². The van der Waals surface area contributed by atoms with E-state index >= 15 is 0 Å². The van der Waals surface area contributed by atoms with Crippen molar-refractivity contribution in [1.82, 2.24) is 14.5 Å². The van der Waals surface area contributed by atoms with Crippen molar-refractivity contribution in [3.63, 3.8) is 0 Å². The van der Waals surface area contributed by atoms with E-state index in [2.05, 4.69) is 11.1 Å². The summed E-state index contributed by atoms with van der Waals surface area (Å²) < 4.78 is 13.1. The summed E-state index contributed by atoms with van der Waals surface area (Å²) in [7, 11) is 3.34. The molecule has 1 aliphatic heterocycles. The maximum Gasteiger partial charge on any atom is 0.261 e. The first-order valence-corrected chi connectivity index (χ1v) is 12.2. The fourth-order valence-electron chi connectivity index (χ4n) is 5.47. The molecule has 8 heteroatoms. The molecule has 0 bridgehead atoms. The zero-order valence-corrected chi connectivity index (χ0v) is 21.4. The molecule has 0 spiro atoms. The number of hydrogen-bond donors (Lipinski definition) is 2. The number of benzene rings is 3. The van der Waals surface area contributed by atoms with E-state index in [0.29, 0.717) is 33.8 Å². The predicted molar refractivity (Wildman–Crippen MR) is 146 cm³/mol. The monoisotopic (exact) mass is 503 g/mol. The molecule has 8 nitrogen and oxygen atoms in total. The lowest BCUT2D eigenvalue weighted by Gasteiger charge is -2.28. The molecule has 1 aliphatic rings. The van der Waals surface area contributed by atoms with Gasteiger partial charge in [0, 0.05) is 34.8 Å².